The number of benzene rings is 1. The number of rotatable bonds is 13. The van der Waals surface area contributed by atoms with Crippen molar-refractivity contribution in [2.24, 2.45) is 11.8 Å². The predicted octanol–water partition coefficient (Wildman–Crippen LogP) is 3.45. The fourth-order valence-electron chi connectivity index (χ4n) is 3.89. The van der Waals surface area contributed by atoms with Gasteiger partial charge in [0.1, 0.15) is 5.78 Å². The van der Waals surface area contributed by atoms with E-state index in [1.54, 1.807) is 12.2 Å². The highest BCUT2D eigenvalue weighted by Crippen LogP contribution is 2.33. The Hall–Kier alpha value is -2.28. The molecule has 0 unspecified atom stereocenters. The molecule has 1 aliphatic carbocycles. The van der Waals surface area contributed by atoms with Gasteiger partial charge in [0.05, 0.1) is 18.8 Å². The Morgan fingerprint density at radius 1 is 1.29 bits per heavy atom. The Balaban J connectivity index is 1.90. The molecule has 0 radical (unpaired) electrons. The van der Waals surface area contributed by atoms with E-state index in [0.29, 0.717) is 38.9 Å². The summed E-state index contributed by atoms with van der Waals surface area (Å²) < 4.78 is 5.42. The van der Waals surface area contributed by atoms with E-state index in [4.69, 9.17) is 9.84 Å². The number of ketones is 1. The third-order valence-electron chi connectivity index (χ3n) is 5.52. The average molecular weight is 431 g/mol. The standard InChI is InChI=1S/C25H34O6/c1-2-31-17-19-9-7-8-18(14-19)15-20(26)12-13-22-21(23(27)16-24(22)28)10-5-3-4-6-11-25(29)30/h3,5,7-9,12-14,20-22,24,26,28H,2,4,6,10-11,15-17H2,1H3,(H,29,30)/t20-,21-,22-,24-/m1/s1. The minimum atomic E-state index is -0.813. The van der Waals surface area contributed by atoms with Crippen LogP contribution in [0.1, 0.15) is 50.2 Å². The number of carbonyl (C=O) groups excluding carboxylic acids is 1. The molecule has 0 aliphatic heterocycles. The second-order valence-electron chi connectivity index (χ2n) is 8.03. The Labute approximate surface area is 184 Å². The lowest BCUT2D eigenvalue weighted by Gasteiger charge is -2.17. The van der Waals surface area contributed by atoms with Crippen molar-refractivity contribution >= 4 is 11.8 Å². The summed E-state index contributed by atoms with van der Waals surface area (Å²) in [5, 5.41) is 29.4. The van der Waals surface area contributed by atoms with Crippen LogP contribution in [0.2, 0.25) is 0 Å². The second-order valence-corrected chi connectivity index (χ2v) is 8.03. The summed E-state index contributed by atoms with van der Waals surface area (Å²) >= 11 is 0. The maximum Gasteiger partial charge on any atom is 0.303 e. The summed E-state index contributed by atoms with van der Waals surface area (Å²) in [5.74, 6) is -1.43. The molecule has 0 saturated heterocycles. The molecule has 31 heavy (non-hydrogen) atoms. The van der Waals surface area contributed by atoms with Crippen LogP contribution in [0.15, 0.2) is 48.6 Å². The number of aliphatic hydroxyl groups excluding tert-OH is 2. The number of hydrogen-bond acceptors (Lipinski definition) is 5. The smallest absolute Gasteiger partial charge is 0.303 e. The first-order chi connectivity index (χ1) is 14.9. The second kappa shape index (κ2) is 13.2. The average Bonchev–Trinajstić information content (AvgIpc) is 2.99. The van der Waals surface area contributed by atoms with Crippen molar-refractivity contribution in [3.05, 3.63) is 59.7 Å². The number of aliphatic hydroxyl groups is 2. The summed E-state index contributed by atoms with van der Waals surface area (Å²) in [6.45, 7) is 3.14. The van der Waals surface area contributed by atoms with E-state index in [1.165, 1.54) is 0 Å². The minimum absolute atomic E-state index is 0.0236. The molecule has 2 rings (SSSR count). The van der Waals surface area contributed by atoms with Crippen molar-refractivity contribution in [3.8, 4) is 0 Å². The topological polar surface area (TPSA) is 104 Å². The summed E-state index contributed by atoms with van der Waals surface area (Å²) in [6.07, 6.45) is 8.20. The Morgan fingerprint density at radius 3 is 2.81 bits per heavy atom. The molecule has 3 N–H and O–H groups in total. The van der Waals surface area contributed by atoms with Gasteiger partial charge in [-0.1, -0.05) is 48.6 Å². The van der Waals surface area contributed by atoms with Gasteiger partial charge in [-0.3, -0.25) is 9.59 Å². The molecular weight excluding hydrogens is 396 g/mol. The van der Waals surface area contributed by atoms with Gasteiger partial charge in [-0.2, -0.15) is 0 Å². The number of hydrogen-bond donors (Lipinski definition) is 3. The van der Waals surface area contributed by atoms with Crippen LogP contribution in [0, 0.1) is 11.8 Å². The number of carboxylic acid groups (broad SMARTS) is 1. The quantitative estimate of drug-likeness (QED) is 0.327. The first-order valence-corrected chi connectivity index (χ1v) is 11.0. The normalized spacial score (nSPS) is 22.5. The number of Topliss-reactive ketones (excluding diaryl/α,β-unsaturated/α-hetero) is 1. The SMILES string of the molecule is CCOCc1cccc(C[C@H](O)C=C[C@H]2[C@H](O)CC(=O)[C@@H]2CC=CCCCC(=O)O)c1. The summed E-state index contributed by atoms with van der Waals surface area (Å²) in [6, 6.07) is 7.90. The van der Waals surface area contributed by atoms with Crippen molar-refractivity contribution in [3.63, 3.8) is 0 Å². The van der Waals surface area contributed by atoms with Gasteiger partial charge in [-0.15, -0.1) is 0 Å². The maximum atomic E-state index is 12.3. The summed E-state index contributed by atoms with van der Waals surface area (Å²) in [7, 11) is 0. The largest absolute Gasteiger partial charge is 0.481 e. The monoisotopic (exact) mass is 430 g/mol. The van der Waals surface area contributed by atoms with E-state index in [-0.39, 0.29) is 30.5 Å². The zero-order valence-corrected chi connectivity index (χ0v) is 18.2. The molecule has 4 atom stereocenters. The van der Waals surface area contributed by atoms with E-state index >= 15 is 0 Å². The molecule has 1 aromatic carbocycles. The molecule has 0 bridgehead atoms. The highest BCUT2D eigenvalue weighted by atomic mass is 16.5. The fraction of sp³-hybridized carbons (Fsp3) is 0.520. The zero-order valence-electron chi connectivity index (χ0n) is 18.2. The van der Waals surface area contributed by atoms with E-state index in [2.05, 4.69) is 0 Å². The van der Waals surface area contributed by atoms with Crippen LogP contribution >= 0.6 is 0 Å². The fourth-order valence-corrected chi connectivity index (χ4v) is 3.89. The van der Waals surface area contributed by atoms with E-state index in [1.807, 2.05) is 43.3 Å². The molecular formula is C25H34O6. The van der Waals surface area contributed by atoms with Crippen molar-refractivity contribution in [2.45, 2.75) is 64.3 Å². The van der Waals surface area contributed by atoms with Crippen molar-refractivity contribution in [1.82, 2.24) is 0 Å². The number of unbranched alkanes of at least 4 members (excludes halogenated alkanes) is 1. The number of aliphatic carboxylic acids is 1. The highest BCUT2D eigenvalue weighted by Gasteiger charge is 2.39. The van der Waals surface area contributed by atoms with Crippen LogP contribution in [-0.2, 0) is 27.4 Å². The first-order valence-electron chi connectivity index (χ1n) is 11.0. The molecule has 170 valence electrons. The van der Waals surface area contributed by atoms with Crippen LogP contribution in [0.25, 0.3) is 0 Å². The third-order valence-corrected chi connectivity index (χ3v) is 5.52. The Morgan fingerprint density at radius 2 is 2.06 bits per heavy atom. The Bertz CT molecular complexity index is 769. The molecule has 6 nitrogen and oxygen atoms in total. The van der Waals surface area contributed by atoms with Gasteiger partial charge >= 0.3 is 5.97 Å². The van der Waals surface area contributed by atoms with Crippen LogP contribution in [0.3, 0.4) is 0 Å². The van der Waals surface area contributed by atoms with Gasteiger partial charge < -0.3 is 20.1 Å². The van der Waals surface area contributed by atoms with E-state index in [0.717, 1.165) is 11.1 Å². The Kier molecular flexibility index (Phi) is 10.6. The van der Waals surface area contributed by atoms with Crippen LogP contribution in [-0.4, -0.2) is 45.9 Å². The van der Waals surface area contributed by atoms with Crippen LogP contribution in [0.4, 0.5) is 0 Å². The molecule has 6 heteroatoms. The number of carboxylic acids is 1. The van der Waals surface area contributed by atoms with Crippen molar-refractivity contribution < 1.29 is 29.6 Å². The molecule has 1 aromatic rings. The summed E-state index contributed by atoms with van der Waals surface area (Å²) in [5.41, 5.74) is 2.06. The van der Waals surface area contributed by atoms with Gasteiger partial charge in [0.15, 0.2) is 0 Å². The lowest BCUT2D eigenvalue weighted by Crippen LogP contribution is -2.19. The maximum absolute atomic E-state index is 12.3. The molecule has 0 heterocycles. The van der Waals surface area contributed by atoms with Gasteiger partial charge in [-0.05, 0) is 37.3 Å². The van der Waals surface area contributed by atoms with Crippen LogP contribution in [0.5, 0.6) is 0 Å². The van der Waals surface area contributed by atoms with Gasteiger partial charge in [0.25, 0.3) is 0 Å². The highest BCUT2D eigenvalue weighted by molar-refractivity contribution is 5.84. The lowest BCUT2D eigenvalue weighted by atomic mass is 9.90. The molecule has 1 fully saturated rings. The molecule has 1 aliphatic rings. The zero-order chi connectivity index (χ0) is 22.6. The van der Waals surface area contributed by atoms with E-state index in [9.17, 15) is 19.8 Å². The van der Waals surface area contributed by atoms with E-state index < -0.39 is 18.2 Å². The van der Waals surface area contributed by atoms with Gasteiger partial charge in [0, 0.05) is 37.7 Å². The van der Waals surface area contributed by atoms with Crippen LogP contribution < -0.4 is 0 Å². The molecule has 0 amide bonds. The van der Waals surface area contributed by atoms with Gasteiger partial charge in [-0.25, -0.2) is 0 Å². The van der Waals surface area contributed by atoms with Crippen molar-refractivity contribution in [1.29, 1.82) is 0 Å². The predicted molar refractivity (Wildman–Crippen MR) is 118 cm³/mol. The number of allylic oxidation sites excluding steroid dienone is 2. The number of ether oxygens (including phenoxy) is 1. The number of carbonyl (C=O) groups is 2. The molecule has 0 aromatic heterocycles. The van der Waals surface area contributed by atoms with Crippen molar-refractivity contribution in [2.75, 3.05) is 6.61 Å². The van der Waals surface area contributed by atoms with Gasteiger partial charge in [0.2, 0.25) is 0 Å². The lowest BCUT2D eigenvalue weighted by molar-refractivity contribution is -0.137. The first kappa shape index (κ1) is 25.0. The summed E-state index contributed by atoms with van der Waals surface area (Å²) in [4.78, 5) is 22.8. The third kappa shape index (κ3) is 8.77. The molecule has 1 saturated carbocycles. The minimum Gasteiger partial charge on any atom is -0.481 e. The molecule has 0 spiro atoms.